The molecule has 1 aliphatic rings. The zero-order chi connectivity index (χ0) is 14.5. The van der Waals surface area contributed by atoms with Gasteiger partial charge in [-0.3, -0.25) is 0 Å². The first-order valence-electron chi connectivity index (χ1n) is 7.03. The van der Waals surface area contributed by atoms with Gasteiger partial charge in [-0.25, -0.2) is 0 Å². The van der Waals surface area contributed by atoms with Crippen LogP contribution in [0.3, 0.4) is 0 Å². The number of ether oxygens (including phenoxy) is 2. The van der Waals surface area contributed by atoms with Crippen molar-refractivity contribution in [2.75, 3.05) is 7.11 Å². The van der Waals surface area contributed by atoms with Crippen molar-refractivity contribution in [2.45, 2.75) is 11.7 Å². The lowest BCUT2D eigenvalue weighted by atomic mass is 9.90. The fourth-order valence-corrected chi connectivity index (χ4v) is 2.60. The van der Waals surface area contributed by atoms with E-state index in [-0.39, 0.29) is 5.92 Å². The molecule has 2 heteroatoms. The molecule has 0 spiro atoms. The molecule has 0 saturated heterocycles. The van der Waals surface area contributed by atoms with Crippen LogP contribution in [0.5, 0.6) is 0 Å². The third kappa shape index (κ3) is 2.76. The molecule has 2 aromatic rings. The molecule has 106 valence electrons. The van der Waals surface area contributed by atoms with Gasteiger partial charge in [0, 0.05) is 7.11 Å². The Kier molecular flexibility index (Phi) is 3.89. The Balaban J connectivity index is 1.91. The molecule has 0 aromatic heterocycles. The lowest BCUT2D eigenvalue weighted by molar-refractivity contribution is -0.146. The van der Waals surface area contributed by atoms with E-state index in [1.165, 1.54) is 5.56 Å². The zero-order valence-electron chi connectivity index (χ0n) is 12.0. The van der Waals surface area contributed by atoms with Gasteiger partial charge in [0.25, 0.3) is 0 Å². The molecule has 3 rings (SSSR count). The van der Waals surface area contributed by atoms with E-state index in [9.17, 15) is 0 Å². The predicted molar refractivity (Wildman–Crippen MR) is 84.6 cm³/mol. The molecular weight excluding hydrogens is 260 g/mol. The maximum atomic E-state index is 5.79. The highest BCUT2D eigenvalue weighted by molar-refractivity contribution is 5.51. The Morgan fingerprint density at radius 1 is 1.00 bits per heavy atom. The maximum Gasteiger partial charge on any atom is 0.240 e. The summed E-state index contributed by atoms with van der Waals surface area (Å²) in [7, 11) is 1.68. The first kappa shape index (κ1) is 13.7. The fourth-order valence-electron chi connectivity index (χ4n) is 2.60. The van der Waals surface area contributed by atoms with Gasteiger partial charge >= 0.3 is 0 Å². The van der Waals surface area contributed by atoms with Gasteiger partial charge in [-0.2, -0.15) is 0 Å². The molecule has 0 aliphatic carbocycles. The third-order valence-electron chi connectivity index (χ3n) is 3.74. The molecule has 0 radical (unpaired) electrons. The van der Waals surface area contributed by atoms with Crippen molar-refractivity contribution in [1.29, 1.82) is 0 Å². The number of methoxy groups -OCH3 is 1. The van der Waals surface area contributed by atoms with Crippen molar-refractivity contribution < 1.29 is 9.47 Å². The lowest BCUT2D eigenvalue weighted by Crippen LogP contribution is -2.34. The van der Waals surface area contributed by atoms with Crippen LogP contribution in [0, 0.1) is 0 Å². The fraction of sp³-hybridized carbons (Fsp3) is 0.158. The van der Waals surface area contributed by atoms with Crippen LogP contribution in [0.2, 0.25) is 0 Å². The van der Waals surface area contributed by atoms with Gasteiger partial charge in [0.1, 0.15) is 0 Å². The van der Waals surface area contributed by atoms with Gasteiger partial charge in [0.2, 0.25) is 5.79 Å². The van der Waals surface area contributed by atoms with Crippen LogP contribution in [-0.2, 0) is 9.47 Å². The number of rotatable bonds is 4. The van der Waals surface area contributed by atoms with Gasteiger partial charge in [-0.15, -0.1) is 0 Å². The van der Waals surface area contributed by atoms with E-state index in [2.05, 4.69) is 24.3 Å². The first-order chi connectivity index (χ1) is 10.3. The summed E-state index contributed by atoms with van der Waals surface area (Å²) < 4.78 is 11.5. The smallest absolute Gasteiger partial charge is 0.240 e. The van der Waals surface area contributed by atoms with Crippen LogP contribution in [0.1, 0.15) is 17.0 Å². The molecule has 21 heavy (non-hydrogen) atoms. The molecule has 1 aliphatic heterocycles. The van der Waals surface area contributed by atoms with Crippen molar-refractivity contribution in [3.63, 3.8) is 0 Å². The van der Waals surface area contributed by atoms with Crippen molar-refractivity contribution in [1.82, 2.24) is 0 Å². The van der Waals surface area contributed by atoms with E-state index in [4.69, 9.17) is 9.47 Å². The van der Waals surface area contributed by atoms with Gasteiger partial charge in [0.05, 0.1) is 12.2 Å². The highest BCUT2D eigenvalue weighted by atomic mass is 16.7. The van der Waals surface area contributed by atoms with Gasteiger partial charge in [-0.05, 0) is 23.3 Å². The first-order valence-corrected chi connectivity index (χ1v) is 7.03. The minimum Gasteiger partial charge on any atom is -0.466 e. The predicted octanol–water partition coefficient (Wildman–Crippen LogP) is 4.37. The average Bonchev–Trinajstić information content (AvgIpc) is 2.99. The van der Waals surface area contributed by atoms with Crippen molar-refractivity contribution >= 4 is 6.08 Å². The van der Waals surface area contributed by atoms with Crippen molar-refractivity contribution in [3.8, 4) is 0 Å². The maximum absolute atomic E-state index is 5.79. The number of hydrogen-bond acceptors (Lipinski definition) is 2. The highest BCUT2D eigenvalue weighted by Crippen LogP contribution is 2.39. The van der Waals surface area contributed by atoms with Crippen LogP contribution in [0.15, 0.2) is 79.1 Å². The Hall–Kier alpha value is -2.32. The van der Waals surface area contributed by atoms with E-state index in [1.54, 1.807) is 13.4 Å². The summed E-state index contributed by atoms with van der Waals surface area (Å²) in [5, 5.41) is 0. The highest BCUT2D eigenvalue weighted by Gasteiger charge is 2.41. The van der Waals surface area contributed by atoms with Crippen molar-refractivity contribution in [2.24, 2.45) is 0 Å². The molecule has 2 atom stereocenters. The van der Waals surface area contributed by atoms with Crippen LogP contribution < -0.4 is 0 Å². The molecular formula is C19H18O2. The number of benzene rings is 2. The van der Waals surface area contributed by atoms with E-state index in [1.807, 2.05) is 54.6 Å². The summed E-state index contributed by atoms with van der Waals surface area (Å²) in [6, 6.07) is 20.4. The summed E-state index contributed by atoms with van der Waals surface area (Å²) >= 11 is 0. The molecule has 0 N–H and O–H groups in total. The molecule has 2 nitrogen and oxygen atoms in total. The largest absolute Gasteiger partial charge is 0.466 e. The Bertz CT molecular complexity index is 631. The molecule has 1 heterocycles. The molecule has 0 saturated carbocycles. The molecule has 0 fully saturated rings. The summed E-state index contributed by atoms with van der Waals surface area (Å²) in [5.74, 6) is -0.736. The minimum absolute atomic E-state index is 0.0451. The summed E-state index contributed by atoms with van der Waals surface area (Å²) in [4.78, 5) is 0. The second-order valence-electron chi connectivity index (χ2n) is 5.00. The Labute approximate surface area is 125 Å². The van der Waals surface area contributed by atoms with E-state index in [0.29, 0.717) is 0 Å². The van der Waals surface area contributed by atoms with E-state index in [0.717, 1.165) is 5.56 Å². The zero-order valence-corrected chi connectivity index (χ0v) is 12.0. The van der Waals surface area contributed by atoms with Crippen LogP contribution in [0.25, 0.3) is 6.08 Å². The monoisotopic (exact) mass is 278 g/mol. The van der Waals surface area contributed by atoms with Crippen LogP contribution in [0.4, 0.5) is 0 Å². The van der Waals surface area contributed by atoms with Crippen LogP contribution in [-0.4, -0.2) is 12.9 Å². The second kappa shape index (κ2) is 5.98. The van der Waals surface area contributed by atoms with Crippen LogP contribution >= 0.6 is 0 Å². The summed E-state index contributed by atoms with van der Waals surface area (Å²) in [6.07, 6.45) is 7.77. The lowest BCUT2D eigenvalue weighted by Gasteiger charge is -2.30. The minimum atomic E-state index is -0.781. The molecule has 2 unspecified atom stereocenters. The van der Waals surface area contributed by atoms with Crippen molar-refractivity contribution in [3.05, 3.63) is 90.2 Å². The van der Waals surface area contributed by atoms with Gasteiger partial charge in [0.15, 0.2) is 0 Å². The average molecular weight is 278 g/mol. The summed E-state index contributed by atoms with van der Waals surface area (Å²) in [5.41, 5.74) is 2.29. The summed E-state index contributed by atoms with van der Waals surface area (Å²) in [6.45, 7) is 0. The van der Waals surface area contributed by atoms with Gasteiger partial charge < -0.3 is 9.47 Å². The molecule has 0 bridgehead atoms. The molecule has 0 amide bonds. The normalized spacial score (nSPS) is 24.3. The standard InChI is InChI=1S/C19H18O2/c1-20-19(14-12-16-8-4-2-5-9-16)18(13-15-21-19)17-10-6-3-7-11-17/h2-15,18H,1H3/b14-12+. The topological polar surface area (TPSA) is 18.5 Å². The Morgan fingerprint density at radius 2 is 1.67 bits per heavy atom. The second-order valence-corrected chi connectivity index (χ2v) is 5.00. The van der Waals surface area contributed by atoms with E-state index < -0.39 is 5.79 Å². The SMILES string of the molecule is COC1(/C=C/c2ccccc2)OC=CC1c1ccccc1. The Morgan fingerprint density at radius 3 is 2.33 bits per heavy atom. The third-order valence-corrected chi connectivity index (χ3v) is 3.74. The quantitative estimate of drug-likeness (QED) is 0.826. The van der Waals surface area contributed by atoms with Gasteiger partial charge in [-0.1, -0.05) is 66.7 Å². The molecule has 2 aromatic carbocycles. The number of hydrogen-bond donors (Lipinski definition) is 0. The van der Waals surface area contributed by atoms with E-state index >= 15 is 0 Å².